The highest BCUT2D eigenvalue weighted by molar-refractivity contribution is 5.96. The third kappa shape index (κ3) is 3.43. The summed E-state index contributed by atoms with van der Waals surface area (Å²) in [5.74, 6) is -0.227. The van der Waals surface area contributed by atoms with E-state index in [1.165, 1.54) is 5.56 Å². The van der Waals surface area contributed by atoms with Crippen molar-refractivity contribution in [1.82, 2.24) is 4.90 Å². The Morgan fingerprint density at radius 1 is 1.19 bits per heavy atom. The lowest BCUT2D eigenvalue weighted by Crippen LogP contribution is -2.22. The molecule has 0 aliphatic rings. The molecule has 0 spiro atoms. The van der Waals surface area contributed by atoms with E-state index in [9.17, 15) is 4.79 Å². The van der Waals surface area contributed by atoms with Crippen molar-refractivity contribution in [3.8, 4) is 0 Å². The Morgan fingerprint density at radius 2 is 1.75 bits per heavy atom. The quantitative estimate of drug-likeness (QED) is 0.743. The van der Waals surface area contributed by atoms with E-state index in [-0.39, 0.29) is 5.78 Å². The summed E-state index contributed by atoms with van der Waals surface area (Å²) in [6.07, 6.45) is 0. The van der Waals surface area contributed by atoms with Crippen molar-refractivity contribution in [1.29, 1.82) is 0 Å². The number of rotatable bonds is 6. The van der Waals surface area contributed by atoms with Crippen molar-refractivity contribution in [3.05, 3.63) is 35.4 Å². The van der Waals surface area contributed by atoms with Crippen LogP contribution in [0, 0.1) is 0 Å². The van der Waals surface area contributed by atoms with Gasteiger partial charge in [0.15, 0.2) is 5.78 Å². The molecule has 3 heteroatoms. The SMILES string of the molecule is CCN(CC)Cc1ccc(C(=O)CO)cc1. The number of hydrogen-bond acceptors (Lipinski definition) is 3. The monoisotopic (exact) mass is 221 g/mol. The average Bonchev–Trinajstić information content (AvgIpc) is 2.35. The van der Waals surface area contributed by atoms with Crippen LogP contribution in [-0.4, -0.2) is 35.5 Å². The van der Waals surface area contributed by atoms with Crippen molar-refractivity contribution < 1.29 is 9.90 Å². The molecule has 0 unspecified atom stereocenters. The zero-order valence-corrected chi connectivity index (χ0v) is 9.94. The highest BCUT2D eigenvalue weighted by Gasteiger charge is 2.05. The number of nitrogens with zero attached hydrogens (tertiary/aromatic N) is 1. The first-order valence-corrected chi connectivity index (χ1v) is 5.66. The molecule has 1 N–H and O–H groups in total. The van der Waals surface area contributed by atoms with E-state index < -0.39 is 6.61 Å². The lowest BCUT2D eigenvalue weighted by molar-refractivity contribution is 0.0903. The summed E-state index contributed by atoms with van der Waals surface area (Å²) in [6.45, 7) is 6.79. The molecule has 0 aliphatic heterocycles. The Balaban J connectivity index is 2.67. The number of aliphatic hydroxyl groups is 1. The molecule has 88 valence electrons. The molecule has 0 bridgehead atoms. The van der Waals surface area contributed by atoms with Crippen LogP contribution in [0.5, 0.6) is 0 Å². The van der Waals surface area contributed by atoms with Crippen molar-refractivity contribution >= 4 is 5.78 Å². The van der Waals surface area contributed by atoms with E-state index in [1.807, 2.05) is 12.1 Å². The van der Waals surface area contributed by atoms with Gasteiger partial charge in [-0.05, 0) is 18.7 Å². The van der Waals surface area contributed by atoms with Crippen LogP contribution < -0.4 is 0 Å². The largest absolute Gasteiger partial charge is 0.388 e. The summed E-state index contributed by atoms with van der Waals surface area (Å²) in [4.78, 5) is 13.5. The number of hydrogen-bond donors (Lipinski definition) is 1. The maximum Gasteiger partial charge on any atom is 0.188 e. The lowest BCUT2D eigenvalue weighted by atomic mass is 10.1. The molecular weight excluding hydrogens is 202 g/mol. The van der Waals surface area contributed by atoms with Crippen LogP contribution in [0.3, 0.4) is 0 Å². The smallest absolute Gasteiger partial charge is 0.188 e. The first kappa shape index (κ1) is 12.9. The molecule has 0 saturated carbocycles. The number of Topliss-reactive ketones (excluding diaryl/α,β-unsaturated/α-hetero) is 1. The summed E-state index contributed by atoms with van der Waals surface area (Å²) in [7, 11) is 0. The molecule has 0 aromatic heterocycles. The van der Waals surface area contributed by atoms with Crippen molar-refractivity contribution in [2.45, 2.75) is 20.4 Å². The Hall–Kier alpha value is -1.19. The van der Waals surface area contributed by atoms with Crippen LogP contribution in [0.4, 0.5) is 0 Å². The molecule has 0 heterocycles. The molecule has 0 atom stereocenters. The van der Waals surface area contributed by atoms with Gasteiger partial charge in [0.2, 0.25) is 0 Å². The van der Waals surface area contributed by atoms with Gasteiger partial charge < -0.3 is 5.11 Å². The third-order valence-electron chi connectivity index (χ3n) is 2.72. The lowest BCUT2D eigenvalue weighted by Gasteiger charge is -2.17. The first-order valence-electron chi connectivity index (χ1n) is 5.66. The molecule has 0 amide bonds. The Labute approximate surface area is 96.7 Å². The van der Waals surface area contributed by atoms with Gasteiger partial charge in [0.1, 0.15) is 6.61 Å². The van der Waals surface area contributed by atoms with Crippen molar-refractivity contribution in [3.63, 3.8) is 0 Å². The van der Waals surface area contributed by atoms with Crippen LogP contribution in [-0.2, 0) is 6.54 Å². The molecule has 0 aliphatic carbocycles. The minimum absolute atomic E-state index is 0.227. The number of carbonyl (C=O) groups is 1. The molecule has 1 aromatic carbocycles. The van der Waals surface area contributed by atoms with Gasteiger partial charge in [0.25, 0.3) is 0 Å². The summed E-state index contributed by atoms with van der Waals surface area (Å²) in [6, 6.07) is 7.44. The zero-order chi connectivity index (χ0) is 12.0. The Kier molecular flexibility index (Phi) is 5.15. The molecule has 0 radical (unpaired) electrons. The fraction of sp³-hybridized carbons (Fsp3) is 0.462. The minimum atomic E-state index is -0.421. The minimum Gasteiger partial charge on any atom is -0.388 e. The van der Waals surface area contributed by atoms with Gasteiger partial charge in [-0.1, -0.05) is 38.1 Å². The summed E-state index contributed by atoms with van der Waals surface area (Å²) >= 11 is 0. The standard InChI is InChI=1S/C13H19NO2/c1-3-14(4-2)9-11-5-7-12(8-6-11)13(16)10-15/h5-8,15H,3-4,9-10H2,1-2H3. The second-order valence-corrected chi connectivity index (χ2v) is 3.74. The number of ketones is 1. The second-order valence-electron chi connectivity index (χ2n) is 3.74. The van der Waals surface area contributed by atoms with Gasteiger partial charge in [0, 0.05) is 12.1 Å². The van der Waals surface area contributed by atoms with Crippen LogP contribution in [0.2, 0.25) is 0 Å². The normalized spacial score (nSPS) is 10.8. The van der Waals surface area contributed by atoms with Gasteiger partial charge in [-0.3, -0.25) is 9.69 Å². The summed E-state index contributed by atoms with van der Waals surface area (Å²) in [5.41, 5.74) is 1.77. The van der Waals surface area contributed by atoms with E-state index in [0.29, 0.717) is 5.56 Å². The number of aliphatic hydroxyl groups excluding tert-OH is 1. The second kappa shape index (κ2) is 6.40. The predicted molar refractivity (Wildman–Crippen MR) is 64.5 cm³/mol. The molecule has 1 rings (SSSR count). The number of carbonyl (C=O) groups excluding carboxylic acids is 1. The highest BCUT2D eigenvalue weighted by Crippen LogP contribution is 2.08. The molecule has 3 nitrogen and oxygen atoms in total. The summed E-state index contributed by atoms with van der Waals surface area (Å²) < 4.78 is 0. The maximum atomic E-state index is 11.2. The molecular formula is C13H19NO2. The molecule has 1 aromatic rings. The van der Waals surface area contributed by atoms with Gasteiger partial charge in [0.05, 0.1) is 0 Å². The highest BCUT2D eigenvalue weighted by atomic mass is 16.3. The van der Waals surface area contributed by atoms with E-state index >= 15 is 0 Å². The first-order chi connectivity index (χ1) is 7.71. The topological polar surface area (TPSA) is 40.5 Å². The summed E-state index contributed by atoms with van der Waals surface area (Å²) in [5, 5.41) is 8.72. The fourth-order valence-corrected chi connectivity index (χ4v) is 1.59. The van der Waals surface area contributed by atoms with E-state index in [1.54, 1.807) is 12.1 Å². The fourth-order valence-electron chi connectivity index (χ4n) is 1.59. The average molecular weight is 221 g/mol. The van der Waals surface area contributed by atoms with Crippen LogP contribution >= 0.6 is 0 Å². The molecule has 16 heavy (non-hydrogen) atoms. The van der Waals surface area contributed by atoms with Gasteiger partial charge in [-0.15, -0.1) is 0 Å². The third-order valence-corrected chi connectivity index (χ3v) is 2.72. The van der Waals surface area contributed by atoms with Crippen LogP contribution in [0.1, 0.15) is 29.8 Å². The van der Waals surface area contributed by atoms with Crippen molar-refractivity contribution in [2.75, 3.05) is 19.7 Å². The van der Waals surface area contributed by atoms with E-state index in [0.717, 1.165) is 19.6 Å². The number of benzene rings is 1. The van der Waals surface area contributed by atoms with Crippen molar-refractivity contribution in [2.24, 2.45) is 0 Å². The molecule has 0 fully saturated rings. The van der Waals surface area contributed by atoms with Gasteiger partial charge in [-0.25, -0.2) is 0 Å². The Morgan fingerprint density at radius 3 is 2.19 bits per heavy atom. The van der Waals surface area contributed by atoms with Crippen LogP contribution in [0.15, 0.2) is 24.3 Å². The molecule has 0 saturated heterocycles. The Bertz CT molecular complexity index is 328. The van der Waals surface area contributed by atoms with Gasteiger partial charge >= 0.3 is 0 Å². The van der Waals surface area contributed by atoms with E-state index in [2.05, 4.69) is 18.7 Å². The maximum absolute atomic E-state index is 11.2. The van der Waals surface area contributed by atoms with Crippen LogP contribution in [0.25, 0.3) is 0 Å². The van der Waals surface area contributed by atoms with Gasteiger partial charge in [-0.2, -0.15) is 0 Å². The zero-order valence-electron chi connectivity index (χ0n) is 9.94. The van der Waals surface area contributed by atoms with E-state index in [4.69, 9.17) is 5.11 Å². The predicted octanol–water partition coefficient (Wildman–Crippen LogP) is 1.70.